The molecule has 0 spiro atoms. The summed E-state index contributed by atoms with van der Waals surface area (Å²) in [6, 6.07) is 23.5. The Morgan fingerprint density at radius 3 is 2.36 bits per heavy atom. The van der Waals surface area contributed by atoms with Crippen molar-refractivity contribution in [3.05, 3.63) is 113 Å². The Balaban J connectivity index is 1.92. The Kier molecular flexibility index (Phi) is 6.28. The molecule has 0 radical (unpaired) electrons. The van der Waals surface area contributed by atoms with Gasteiger partial charge in [-0.05, 0) is 48.2 Å². The second kappa shape index (κ2) is 9.05. The molecular formula is C25H25NO2. The largest absolute Gasteiger partial charge is 0.496 e. The second-order valence-electron chi connectivity index (χ2n) is 6.75. The minimum atomic E-state index is -0.223. The van der Waals surface area contributed by atoms with E-state index in [0.29, 0.717) is 12.0 Å². The van der Waals surface area contributed by atoms with E-state index < -0.39 is 0 Å². The molecule has 0 saturated carbocycles. The molecule has 3 nitrogen and oxygen atoms in total. The Hall–Kier alpha value is -3.33. The fourth-order valence-electron chi connectivity index (χ4n) is 3.21. The smallest absolute Gasteiger partial charge is 0.252 e. The van der Waals surface area contributed by atoms with Crippen molar-refractivity contribution in [3.8, 4) is 5.75 Å². The van der Waals surface area contributed by atoms with Crippen LogP contribution in [-0.2, 0) is 6.42 Å². The zero-order valence-electron chi connectivity index (χ0n) is 16.3. The number of benzene rings is 3. The van der Waals surface area contributed by atoms with Crippen LogP contribution in [0.1, 0.15) is 38.7 Å². The van der Waals surface area contributed by atoms with Gasteiger partial charge in [-0.3, -0.25) is 4.79 Å². The molecule has 3 heteroatoms. The number of nitrogens with one attached hydrogen (secondary N) is 1. The average molecular weight is 371 g/mol. The predicted molar refractivity (Wildman–Crippen MR) is 114 cm³/mol. The lowest BCUT2D eigenvalue weighted by Gasteiger charge is -2.20. The molecule has 3 aromatic rings. The van der Waals surface area contributed by atoms with E-state index in [0.717, 1.165) is 22.4 Å². The molecule has 1 atom stereocenters. The third kappa shape index (κ3) is 4.49. The zero-order chi connectivity index (χ0) is 19.9. The van der Waals surface area contributed by atoms with Gasteiger partial charge in [-0.25, -0.2) is 0 Å². The number of methoxy groups -OCH3 is 1. The van der Waals surface area contributed by atoms with Gasteiger partial charge in [-0.1, -0.05) is 66.2 Å². The Bertz CT molecular complexity index is 946. The Morgan fingerprint density at radius 1 is 1.04 bits per heavy atom. The van der Waals surface area contributed by atoms with Crippen molar-refractivity contribution in [1.29, 1.82) is 0 Å². The molecule has 28 heavy (non-hydrogen) atoms. The number of allylic oxidation sites excluding steroid dienone is 1. The zero-order valence-corrected chi connectivity index (χ0v) is 16.3. The summed E-state index contributed by atoms with van der Waals surface area (Å²) in [5, 5.41) is 3.19. The van der Waals surface area contributed by atoms with Crippen molar-refractivity contribution in [2.45, 2.75) is 19.4 Å². The maximum absolute atomic E-state index is 13.0. The quantitative estimate of drug-likeness (QED) is 0.576. The number of aryl methyl sites for hydroxylation is 1. The van der Waals surface area contributed by atoms with E-state index >= 15 is 0 Å². The van der Waals surface area contributed by atoms with Crippen LogP contribution >= 0.6 is 0 Å². The first-order valence-electron chi connectivity index (χ1n) is 9.32. The number of carbonyl (C=O) groups is 1. The molecule has 0 aliphatic rings. The summed E-state index contributed by atoms with van der Waals surface area (Å²) < 4.78 is 5.38. The molecule has 3 rings (SSSR count). The van der Waals surface area contributed by atoms with Crippen LogP contribution in [0, 0.1) is 6.92 Å². The maximum Gasteiger partial charge on any atom is 0.252 e. The normalized spacial score (nSPS) is 11.5. The minimum Gasteiger partial charge on any atom is -0.496 e. The highest BCUT2D eigenvalue weighted by atomic mass is 16.5. The van der Waals surface area contributed by atoms with Gasteiger partial charge < -0.3 is 10.1 Å². The summed E-state index contributed by atoms with van der Waals surface area (Å²) in [7, 11) is 1.63. The number of amides is 1. The lowest BCUT2D eigenvalue weighted by molar-refractivity contribution is 0.0943. The molecule has 1 N–H and O–H groups in total. The van der Waals surface area contributed by atoms with Crippen molar-refractivity contribution < 1.29 is 9.53 Å². The van der Waals surface area contributed by atoms with Crippen LogP contribution in [0.25, 0.3) is 0 Å². The molecule has 0 aliphatic carbocycles. The van der Waals surface area contributed by atoms with Crippen LogP contribution in [0.3, 0.4) is 0 Å². The third-order valence-electron chi connectivity index (χ3n) is 4.73. The Morgan fingerprint density at radius 2 is 1.71 bits per heavy atom. The fraction of sp³-hybridized carbons (Fsp3) is 0.160. The van der Waals surface area contributed by atoms with Crippen molar-refractivity contribution in [3.63, 3.8) is 0 Å². The molecule has 142 valence electrons. The molecule has 0 aromatic heterocycles. The van der Waals surface area contributed by atoms with E-state index in [-0.39, 0.29) is 11.9 Å². The van der Waals surface area contributed by atoms with E-state index in [1.807, 2.05) is 42.5 Å². The van der Waals surface area contributed by atoms with Gasteiger partial charge >= 0.3 is 0 Å². The first kappa shape index (κ1) is 19.4. The molecule has 0 fully saturated rings. The van der Waals surface area contributed by atoms with Crippen molar-refractivity contribution in [2.75, 3.05) is 7.11 Å². The van der Waals surface area contributed by atoms with Crippen LogP contribution in [0.2, 0.25) is 0 Å². The summed E-state index contributed by atoms with van der Waals surface area (Å²) in [5.74, 6) is 0.636. The lowest BCUT2D eigenvalue weighted by atomic mass is 9.97. The summed E-state index contributed by atoms with van der Waals surface area (Å²) in [5.41, 5.74) is 4.82. The number of rotatable bonds is 7. The van der Waals surface area contributed by atoms with Gasteiger partial charge in [0, 0.05) is 5.56 Å². The highest BCUT2D eigenvalue weighted by Gasteiger charge is 2.18. The van der Waals surface area contributed by atoms with Gasteiger partial charge in [0.05, 0.1) is 13.2 Å². The molecule has 0 aliphatic heterocycles. The highest BCUT2D eigenvalue weighted by molar-refractivity contribution is 5.95. The van der Waals surface area contributed by atoms with Crippen LogP contribution in [0.15, 0.2) is 85.5 Å². The van der Waals surface area contributed by atoms with Gasteiger partial charge in [0.25, 0.3) is 5.91 Å². The maximum atomic E-state index is 13.0. The number of carbonyl (C=O) groups excluding carboxylic acids is 1. The van der Waals surface area contributed by atoms with E-state index in [1.54, 1.807) is 19.3 Å². The topological polar surface area (TPSA) is 38.3 Å². The van der Waals surface area contributed by atoms with E-state index in [4.69, 9.17) is 4.74 Å². The van der Waals surface area contributed by atoms with Gasteiger partial charge in [0.1, 0.15) is 5.75 Å². The third-order valence-corrected chi connectivity index (χ3v) is 4.73. The second-order valence-corrected chi connectivity index (χ2v) is 6.75. The van der Waals surface area contributed by atoms with Crippen molar-refractivity contribution >= 4 is 5.91 Å². The van der Waals surface area contributed by atoms with Gasteiger partial charge in [-0.15, -0.1) is 6.58 Å². The average Bonchev–Trinajstić information content (AvgIpc) is 2.73. The predicted octanol–water partition coefficient (Wildman–Crippen LogP) is 5.25. The van der Waals surface area contributed by atoms with Crippen molar-refractivity contribution in [2.24, 2.45) is 0 Å². The van der Waals surface area contributed by atoms with Crippen molar-refractivity contribution in [1.82, 2.24) is 5.32 Å². The molecule has 0 heterocycles. The summed E-state index contributed by atoms with van der Waals surface area (Å²) in [6.07, 6.45) is 2.45. The van der Waals surface area contributed by atoms with Gasteiger partial charge in [0.2, 0.25) is 0 Å². The fourth-order valence-corrected chi connectivity index (χ4v) is 3.21. The summed E-state index contributed by atoms with van der Waals surface area (Å²) in [4.78, 5) is 13.0. The minimum absolute atomic E-state index is 0.123. The van der Waals surface area contributed by atoms with E-state index in [2.05, 4.69) is 43.1 Å². The van der Waals surface area contributed by atoms with Crippen LogP contribution < -0.4 is 10.1 Å². The van der Waals surface area contributed by atoms with Gasteiger partial charge in [-0.2, -0.15) is 0 Å². The molecular weight excluding hydrogens is 346 g/mol. The molecule has 0 saturated heterocycles. The van der Waals surface area contributed by atoms with Gasteiger partial charge in [0.15, 0.2) is 0 Å². The number of hydrogen-bond donors (Lipinski definition) is 1. The molecule has 1 amide bonds. The highest BCUT2D eigenvalue weighted by Crippen LogP contribution is 2.25. The SMILES string of the molecule is C=CCc1cc(C(=O)N[C@H](c2ccccc2)c2ccc(C)cc2)ccc1OC. The van der Waals surface area contributed by atoms with E-state index in [9.17, 15) is 4.79 Å². The van der Waals surface area contributed by atoms with E-state index in [1.165, 1.54) is 5.56 Å². The molecule has 0 unspecified atom stereocenters. The molecule has 3 aromatic carbocycles. The van der Waals surface area contributed by atoms with Crippen LogP contribution in [0.4, 0.5) is 0 Å². The Labute approximate surface area is 166 Å². The summed E-state index contributed by atoms with van der Waals surface area (Å²) >= 11 is 0. The van der Waals surface area contributed by atoms with Crippen LogP contribution in [-0.4, -0.2) is 13.0 Å². The first-order valence-corrected chi connectivity index (χ1v) is 9.32. The summed E-state index contributed by atoms with van der Waals surface area (Å²) in [6.45, 7) is 5.84. The number of ether oxygens (including phenoxy) is 1. The monoisotopic (exact) mass is 371 g/mol. The molecule has 0 bridgehead atoms. The number of hydrogen-bond acceptors (Lipinski definition) is 2. The standard InChI is InChI=1S/C25H25NO2/c1-4-8-21-17-22(15-16-23(21)28-3)25(27)26-24(19-9-6-5-7-10-19)20-13-11-18(2)12-14-20/h4-7,9-17,24H,1,8H2,2-3H3,(H,26,27)/t24-/m1/s1. The lowest BCUT2D eigenvalue weighted by Crippen LogP contribution is -2.29. The van der Waals surface area contributed by atoms with Crippen LogP contribution in [0.5, 0.6) is 5.75 Å². The first-order chi connectivity index (χ1) is 13.6.